The zero-order valence-corrected chi connectivity index (χ0v) is 14.7. The Kier molecular flexibility index (Phi) is 5.57. The summed E-state index contributed by atoms with van der Waals surface area (Å²) < 4.78 is 13.9. The molecule has 4 nitrogen and oxygen atoms in total. The molecule has 2 aromatic carbocycles. The first-order chi connectivity index (χ1) is 12.5. The van der Waals surface area contributed by atoms with Crippen LogP contribution in [0.25, 0.3) is 0 Å². The standard InChI is InChI=1S/C20H19ClFNO3/c21-16-7-4-8-17(22)18(16)14-10-15(14)19(24)23-11-13(20(25)26)9-12-5-2-1-3-6-12/h1-8,13-15H,9-11H2,(H,23,24)(H,25,26). The summed E-state index contributed by atoms with van der Waals surface area (Å²) in [5, 5.41) is 12.4. The Balaban J connectivity index is 1.57. The van der Waals surface area contributed by atoms with Crippen molar-refractivity contribution in [3.63, 3.8) is 0 Å². The van der Waals surface area contributed by atoms with Gasteiger partial charge in [0.05, 0.1) is 5.92 Å². The van der Waals surface area contributed by atoms with Gasteiger partial charge in [-0.25, -0.2) is 4.39 Å². The first-order valence-corrected chi connectivity index (χ1v) is 8.83. The number of carboxylic acids is 1. The monoisotopic (exact) mass is 375 g/mol. The Morgan fingerprint density at radius 1 is 1.19 bits per heavy atom. The van der Waals surface area contributed by atoms with Gasteiger partial charge in [-0.15, -0.1) is 0 Å². The summed E-state index contributed by atoms with van der Waals surface area (Å²) in [4.78, 5) is 23.8. The average molecular weight is 376 g/mol. The van der Waals surface area contributed by atoms with Crippen LogP contribution in [0.3, 0.4) is 0 Å². The highest BCUT2D eigenvalue weighted by atomic mass is 35.5. The van der Waals surface area contributed by atoms with Crippen molar-refractivity contribution in [2.45, 2.75) is 18.8 Å². The predicted molar refractivity (Wildman–Crippen MR) is 96.5 cm³/mol. The maximum atomic E-state index is 13.9. The van der Waals surface area contributed by atoms with Gasteiger partial charge in [0.1, 0.15) is 5.82 Å². The van der Waals surface area contributed by atoms with Crippen LogP contribution in [0, 0.1) is 17.7 Å². The molecule has 136 valence electrons. The molecule has 0 radical (unpaired) electrons. The van der Waals surface area contributed by atoms with Crippen LogP contribution in [0.5, 0.6) is 0 Å². The Labute approximate surface area is 156 Å². The van der Waals surface area contributed by atoms with Gasteiger partial charge in [0.2, 0.25) is 5.91 Å². The van der Waals surface area contributed by atoms with E-state index < -0.39 is 17.7 Å². The van der Waals surface area contributed by atoms with E-state index in [9.17, 15) is 19.1 Å². The number of nitrogens with one attached hydrogen (secondary N) is 1. The number of amides is 1. The smallest absolute Gasteiger partial charge is 0.308 e. The van der Waals surface area contributed by atoms with Crippen molar-refractivity contribution in [2.24, 2.45) is 11.8 Å². The van der Waals surface area contributed by atoms with E-state index in [1.807, 2.05) is 30.3 Å². The molecule has 1 saturated carbocycles. The number of rotatable bonds is 7. The fourth-order valence-electron chi connectivity index (χ4n) is 3.17. The minimum Gasteiger partial charge on any atom is -0.481 e. The van der Waals surface area contributed by atoms with E-state index in [0.717, 1.165) is 5.56 Å². The molecule has 1 fully saturated rings. The number of aliphatic carboxylic acids is 1. The summed E-state index contributed by atoms with van der Waals surface area (Å²) in [7, 11) is 0. The Morgan fingerprint density at radius 2 is 1.92 bits per heavy atom. The van der Waals surface area contributed by atoms with Crippen LogP contribution in [0.2, 0.25) is 5.02 Å². The molecule has 0 saturated heterocycles. The van der Waals surface area contributed by atoms with E-state index >= 15 is 0 Å². The minimum absolute atomic E-state index is 0.0390. The maximum absolute atomic E-state index is 13.9. The van der Waals surface area contributed by atoms with E-state index in [4.69, 9.17) is 11.6 Å². The lowest BCUT2D eigenvalue weighted by atomic mass is 9.99. The molecule has 0 aromatic heterocycles. The Hall–Kier alpha value is -2.40. The van der Waals surface area contributed by atoms with Crippen LogP contribution in [-0.4, -0.2) is 23.5 Å². The molecule has 2 aromatic rings. The fourth-order valence-corrected chi connectivity index (χ4v) is 3.47. The number of carbonyl (C=O) groups is 2. The van der Waals surface area contributed by atoms with Gasteiger partial charge >= 0.3 is 5.97 Å². The van der Waals surface area contributed by atoms with Crippen molar-refractivity contribution >= 4 is 23.5 Å². The summed E-state index contributed by atoms with van der Waals surface area (Å²) >= 11 is 6.04. The second-order valence-corrected chi connectivity index (χ2v) is 6.96. The van der Waals surface area contributed by atoms with E-state index in [-0.39, 0.29) is 24.3 Å². The minimum atomic E-state index is -0.960. The number of benzene rings is 2. The van der Waals surface area contributed by atoms with Crippen molar-refractivity contribution in [2.75, 3.05) is 6.54 Å². The number of hydrogen-bond donors (Lipinski definition) is 2. The lowest BCUT2D eigenvalue weighted by Crippen LogP contribution is -2.35. The third-order valence-corrected chi connectivity index (χ3v) is 5.02. The first kappa shape index (κ1) is 18.4. The van der Waals surface area contributed by atoms with Gasteiger partial charge in [-0.05, 0) is 30.5 Å². The van der Waals surface area contributed by atoms with Crippen molar-refractivity contribution in [3.05, 3.63) is 70.5 Å². The Morgan fingerprint density at radius 3 is 2.58 bits per heavy atom. The SMILES string of the molecule is O=C(O)C(CNC(=O)C1CC1c1c(F)cccc1Cl)Cc1ccccc1. The zero-order chi connectivity index (χ0) is 18.7. The molecule has 3 unspecified atom stereocenters. The molecule has 0 aliphatic heterocycles. The van der Waals surface area contributed by atoms with Gasteiger partial charge in [-0.2, -0.15) is 0 Å². The first-order valence-electron chi connectivity index (χ1n) is 8.45. The molecule has 6 heteroatoms. The number of carbonyl (C=O) groups excluding carboxylic acids is 1. The van der Waals surface area contributed by atoms with E-state index in [0.29, 0.717) is 23.4 Å². The summed E-state index contributed by atoms with van der Waals surface area (Å²) in [6.07, 6.45) is 0.854. The molecule has 0 bridgehead atoms. The average Bonchev–Trinajstić information content (AvgIpc) is 3.39. The second kappa shape index (κ2) is 7.87. The lowest BCUT2D eigenvalue weighted by molar-refractivity contribution is -0.141. The molecule has 3 atom stereocenters. The summed E-state index contributed by atoms with van der Waals surface area (Å²) in [6.45, 7) is 0.0390. The van der Waals surface area contributed by atoms with E-state index in [2.05, 4.69) is 5.32 Å². The van der Waals surface area contributed by atoms with E-state index in [1.54, 1.807) is 6.07 Å². The van der Waals surface area contributed by atoms with Crippen LogP contribution in [0.4, 0.5) is 4.39 Å². The summed E-state index contributed by atoms with van der Waals surface area (Å²) in [6, 6.07) is 13.7. The predicted octanol–water partition coefficient (Wildman–Crippen LogP) is 3.64. The third kappa shape index (κ3) is 4.22. The summed E-state index contributed by atoms with van der Waals surface area (Å²) in [5.74, 6) is -2.95. The molecule has 3 rings (SSSR count). The number of halogens is 2. The lowest BCUT2D eigenvalue weighted by Gasteiger charge is -2.14. The second-order valence-electron chi connectivity index (χ2n) is 6.55. The van der Waals surface area contributed by atoms with Crippen molar-refractivity contribution in [1.82, 2.24) is 5.32 Å². The molecular formula is C20H19ClFNO3. The fraction of sp³-hybridized carbons (Fsp3) is 0.300. The molecule has 26 heavy (non-hydrogen) atoms. The topological polar surface area (TPSA) is 66.4 Å². The number of carboxylic acid groups (broad SMARTS) is 1. The van der Waals surface area contributed by atoms with Crippen molar-refractivity contribution in [3.8, 4) is 0 Å². The zero-order valence-electron chi connectivity index (χ0n) is 14.0. The van der Waals surface area contributed by atoms with Gasteiger partial charge in [0.25, 0.3) is 0 Å². The molecule has 0 spiro atoms. The van der Waals surface area contributed by atoms with Gasteiger partial charge < -0.3 is 10.4 Å². The number of hydrogen-bond acceptors (Lipinski definition) is 2. The highest BCUT2D eigenvalue weighted by molar-refractivity contribution is 6.31. The highest BCUT2D eigenvalue weighted by Gasteiger charge is 2.46. The Bertz CT molecular complexity index is 792. The molecular weight excluding hydrogens is 357 g/mol. The van der Waals surface area contributed by atoms with Crippen molar-refractivity contribution < 1.29 is 19.1 Å². The highest BCUT2D eigenvalue weighted by Crippen LogP contribution is 2.50. The normalized spacial score (nSPS) is 19.6. The molecule has 2 N–H and O–H groups in total. The van der Waals surface area contributed by atoms with Gasteiger partial charge in [0.15, 0.2) is 0 Å². The van der Waals surface area contributed by atoms with Crippen molar-refractivity contribution in [1.29, 1.82) is 0 Å². The third-order valence-electron chi connectivity index (χ3n) is 4.69. The van der Waals surface area contributed by atoms with E-state index in [1.165, 1.54) is 12.1 Å². The molecule has 1 aliphatic rings. The molecule has 0 heterocycles. The van der Waals surface area contributed by atoms with Crippen LogP contribution in [-0.2, 0) is 16.0 Å². The quantitative estimate of drug-likeness (QED) is 0.776. The van der Waals surface area contributed by atoms with Gasteiger partial charge in [-0.3, -0.25) is 9.59 Å². The largest absolute Gasteiger partial charge is 0.481 e. The van der Waals surface area contributed by atoms with Crippen LogP contribution in [0.1, 0.15) is 23.5 Å². The van der Waals surface area contributed by atoms with Crippen LogP contribution < -0.4 is 5.32 Å². The van der Waals surface area contributed by atoms with Crippen LogP contribution >= 0.6 is 11.6 Å². The van der Waals surface area contributed by atoms with Gasteiger partial charge in [0, 0.05) is 29.0 Å². The van der Waals surface area contributed by atoms with Crippen LogP contribution in [0.15, 0.2) is 48.5 Å². The van der Waals surface area contributed by atoms with Gasteiger partial charge in [-0.1, -0.05) is 48.0 Å². The maximum Gasteiger partial charge on any atom is 0.308 e. The molecule has 1 aliphatic carbocycles. The molecule has 1 amide bonds. The summed E-state index contributed by atoms with van der Waals surface area (Å²) in [5.41, 5.74) is 1.27.